The molecule has 0 bridgehead atoms. The Morgan fingerprint density at radius 1 is 1.12 bits per heavy atom. The van der Waals surface area contributed by atoms with Gasteiger partial charge in [-0.25, -0.2) is 0 Å². The largest absolute Gasteiger partial charge is 0.431 e. The molecule has 0 fully saturated rings. The van der Waals surface area contributed by atoms with Gasteiger partial charge in [0, 0.05) is 19.3 Å². The molecule has 0 saturated carbocycles. The third-order valence-electron chi connectivity index (χ3n) is 4.62. The van der Waals surface area contributed by atoms with E-state index in [0.717, 1.165) is 43.4 Å². The van der Waals surface area contributed by atoms with Crippen molar-refractivity contribution in [1.82, 2.24) is 0 Å². The van der Waals surface area contributed by atoms with E-state index in [1.165, 1.54) is 30.2 Å². The molecule has 1 atom stereocenters. The number of halogens is 3. The Kier molecular flexibility index (Phi) is 4.52. The lowest BCUT2D eigenvalue weighted by atomic mass is 9.76. The lowest BCUT2D eigenvalue weighted by Crippen LogP contribution is -2.16. The SMILES string of the molecule is CC(=O)OC1=CC(c2ccc(C(F)(F)F)cc2)C2=C(CCCC2)C1. The highest BCUT2D eigenvalue weighted by molar-refractivity contribution is 5.67. The summed E-state index contributed by atoms with van der Waals surface area (Å²) in [5.74, 6) is 0.131. The summed E-state index contributed by atoms with van der Waals surface area (Å²) in [5.41, 5.74) is 2.70. The minimum absolute atomic E-state index is 0.106. The maximum Gasteiger partial charge on any atom is 0.416 e. The average molecular weight is 336 g/mol. The molecule has 24 heavy (non-hydrogen) atoms. The van der Waals surface area contributed by atoms with Crippen LogP contribution < -0.4 is 0 Å². The van der Waals surface area contributed by atoms with Crippen molar-refractivity contribution in [2.75, 3.05) is 0 Å². The van der Waals surface area contributed by atoms with E-state index in [9.17, 15) is 18.0 Å². The van der Waals surface area contributed by atoms with Crippen LogP contribution in [0.5, 0.6) is 0 Å². The van der Waals surface area contributed by atoms with Crippen molar-refractivity contribution in [3.8, 4) is 0 Å². The number of rotatable bonds is 2. The van der Waals surface area contributed by atoms with Gasteiger partial charge in [-0.05, 0) is 49.5 Å². The van der Waals surface area contributed by atoms with Crippen LogP contribution >= 0.6 is 0 Å². The van der Waals surface area contributed by atoms with Gasteiger partial charge in [-0.3, -0.25) is 4.79 Å². The third-order valence-corrected chi connectivity index (χ3v) is 4.62. The molecule has 0 heterocycles. The van der Waals surface area contributed by atoms with Crippen molar-refractivity contribution in [2.45, 2.75) is 51.1 Å². The van der Waals surface area contributed by atoms with Gasteiger partial charge in [0.15, 0.2) is 0 Å². The van der Waals surface area contributed by atoms with Gasteiger partial charge in [-0.2, -0.15) is 13.2 Å². The van der Waals surface area contributed by atoms with Gasteiger partial charge in [0.2, 0.25) is 0 Å². The molecule has 0 saturated heterocycles. The van der Waals surface area contributed by atoms with Crippen LogP contribution in [0.2, 0.25) is 0 Å². The van der Waals surface area contributed by atoms with E-state index in [1.54, 1.807) is 0 Å². The zero-order valence-corrected chi connectivity index (χ0v) is 13.5. The van der Waals surface area contributed by atoms with Crippen LogP contribution in [0, 0.1) is 0 Å². The fraction of sp³-hybridized carbons (Fsp3) is 0.421. The fourth-order valence-corrected chi connectivity index (χ4v) is 3.56. The van der Waals surface area contributed by atoms with Crippen molar-refractivity contribution < 1.29 is 22.7 Å². The minimum Gasteiger partial charge on any atom is -0.431 e. The van der Waals surface area contributed by atoms with Crippen molar-refractivity contribution in [2.24, 2.45) is 0 Å². The zero-order valence-electron chi connectivity index (χ0n) is 13.5. The smallest absolute Gasteiger partial charge is 0.416 e. The van der Waals surface area contributed by atoms with Crippen LogP contribution in [0.15, 0.2) is 47.2 Å². The second kappa shape index (κ2) is 6.46. The number of benzene rings is 1. The van der Waals surface area contributed by atoms with Crippen LogP contribution in [0.25, 0.3) is 0 Å². The third kappa shape index (κ3) is 3.55. The molecule has 1 aromatic carbocycles. The number of hydrogen-bond acceptors (Lipinski definition) is 2. The second-order valence-electron chi connectivity index (χ2n) is 6.34. The molecule has 3 rings (SSSR count). The van der Waals surface area contributed by atoms with Gasteiger partial charge in [0.25, 0.3) is 0 Å². The first-order chi connectivity index (χ1) is 11.3. The zero-order chi connectivity index (χ0) is 17.3. The predicted octanol–water partition coefficient (Wildman–Crippen LogP) is 5.51. The Bertz CT molecular complexity index is 696. The Morgan fingerprint density at radius 3 is 2.42 bits per heavy atom. The van der Waals surface area contributed by atoms with E-state index in [-0.39, 0.29) is 11.9 Å². The van der Waals surface area contributed by atoms with Crippen LogP contribution in [-0.2, 0) is 15.7 Å². The van der Waals surface area contributed by atoms with E-state index in [0.29, 0.717) is 12.2 Å². The lowest BCUT2D eigenvalue weighted by molar-refractivity contribution is -0.138. The summed E-state index contributed by atoms with van der Waals surface area (Å²) in [4.78, 5) is 11.3. The molecule has 128 valence electrons. The highest BCUT2D eigenvalue weighted by Crippen LogP contribution is 2.43. The van der Waals surface area contributed by atoms with Crippen molar-refractivity contribution in [1.29, 1.82) is 0 Å². The summed E-state index contributed by atoms with van der Waals surface area (Å²) in [7, 11) is 0. The molecule has 2 aliphatic rings. The molecule has 0 aliphatic heterocycles. The molecule has 2 aliphatic carbocycles. The quantitative estimate of drug-likeness (QED) is 0.526. The van der Waals surface area contributed by atoms with Crippen LogP contribution in [0.3, 0.4) is 0 Å². The Balaban J connectivity index is 1.95. The number of hydrogen-bond donors (Lipinski definition) is 0. The number of ether oxygens (including phenoxy) is 1. The van der Waals surface area contributed by atoms with Gasteiger partial charge in [0.1, 0.15) is 5.76 Å². The highest BCUT2D eigenvalue weighted by atomic mass is 19.4. The van der Waals surface area contributed by atoms with E-state index >= 15 is 0 Å². The van der Waals surface area contributed by atoms with E-state index < -0.39 is 11.7 Å². The molecular formula is C19H19F3O2. The van der Waals surface area contributed by atoms with Crippen LogP contribution in [0.1, 0.15) is 56.1 Å². The number of carbonyl (C=O) groups excluding carboxylic acids is 1. The number of carbonyl (C=O) groups is 1. The van der Waals surface area contributed by atoms with Crippen molar-refractivity contribution in [3.05, 3.63) is 58.4 Å². The van der Waals surface area contributed by atoms with Gasteiger partial charge in [-0.15, -0.1) is 0 Å². The summed E-state index contributed by atoms with van der Waals surface area (Å²) in [6.45, 7) is 1.36. The molecule has 5 heteroatoms. The van der Waals surface area contributed by atoms with Crippen molar-refractivity contribution >= 4 is 5.97 Å². The first kappa shape index (κ1) is 16.8. The van der Waals surface area contributed by atoms with Crippen molar-refractivity contribution in [3.63, 3.8) is 0 Å². The maximum atomic E-state index is 12.8. The molecule has 0 aromatic heterocycles. The molecule has 1 unspecified atom stereocenters. The summed E-state index contributed by atoms with van der Waals surface area (Å²) < 4.78 is 43.5. The number of alkyl halides is 3. The molecule has 0 radical (unpaired) electrons. The number of allylic oxidation sites excluding steroid dienone is 3. The van der Waals surface area contributed by atoms with Crippen LogP contribution in [0.4, 0.5) is 13.2 Å². The standard InChI is InChI=1S/C19H19F3O2/c1-12(23)24-16-10-14-4-2-3-5-17(14)18(11-16)13-6-8-15(9-7-13)19(20,21)22/h6-9,11,18H,2-5,10H2,1H3. The molecule has 0 N–H and O–H groups in total. The Labute approximate surface area is 139 Å². The van der Waals surface area contributed by atoms with E-state index in [4.69, 9.17) is 4.74 Å². The molecular weight excluding hydrogens is 317 g/mol. The van der Waals surface area contributed by atoms with E-state index in [1.807, 2.05) is 6.08 Å². The van der Waals surface area contributed by atoms with Crippen LogP contribution in [-0.4, -0.2) is 5.97 Å². The van der Waals surface area contributed by atoms with Gasteiger partial charge < -0.3 is 4.74 Å². The van der Waals surface area contributed by atoms with Gasteiger partial charge in [0.05, 0.1) is 5.56 Å². The molecule has 1 aromatic rings. The Hall–Kier alpha value is -2.04. The monoisotopic (exact) mass is 336 g/mol. The predicted molar refractivity (Wildman–Crippen MR) is 84.1 cm³/mol. The maximum absolute atomic E-state index is 12.8. The fourth-order valence-electron chi connectivity index (χ4n) is 3.56. The second-order valence-corrected chi connectivity index (χ2v) is 6.34. The first-order valence-corrected chi connectivity index (χ1v) is 8.11. The van der Waals surface area contributed by atoms with Gasteiger partial charge in [-0.1, -0.05) is 23.3 Å². The molecule has 0 spiro atoms. The summed E-state index contributed by atoms with van der Waals surface area (Å²) >= 11 is 0. The Morgan fingerprint density at radius 2 is 1.79 bits per heavy atom. The van der Waals surface area contributed by atoms with E-state index in [2.05, 4.69) is 0 Å². The summed E-state index contributed by atoms with van der Waals surface area (Å²) in [5, 5.41) is 0. The summed E-state index contributed by atoms with van der Waals surface area (Å²) in [6.07, 6.45) is 2.29. The first-order valence-electron chi connectivity index (χ1n) is 8.11. The molecule has 2 nitrogen and oxygen atoms in total. The number of esters is 1. The summed E-state index contributed by atoms with van der Waals surface area (Å²) in [6, 6.07) is 5.29. The lowest BCUT2D eigenvalue weighted by Gasteiger charge is -2.31. The normalized spacial score (nSPS) is 21.2. The topological polar surface area (TPSA) is 26.3 Å². The average Bonchev–Trinajstić information content (AvgIpc) is 2.53. The minimum atomic E-state index is -4.33. The highest BCUT2D eigenvalue weighted by Gasteiger charge is 2.31. The van der Waals surface area contributed by atoms with Gasteiger partial charge >= 0.3 is 12.1 Å². The molecule has 0 amide bonds.